The molecule has 0 aliphatic heterocycles. The van der Waals surface area contributed by atoms with E-state index >= 15 is 0 Å². The average molecular weight is 556 g/mol. The molecule has 2 N–H and O–H groups in total. The number of aliphatic carboxylic acids is 1. The molecule has 2 heterocycles. The lowest BCUT2D eigenvalue weighted by Gasteiger charge is -2.12. The number of benzene rings is 1. The van der Waals surface area contributed by atoms with Gasteiger partial charge in [0.15, 0.2) is 10.3 Å². The van der Waals surface area contributed by atoms with Gasteiger partial charge >= 0.3 is 5.97 Å². The Bertz CT molecular complexity index is 1060. The first-order valence-electron chi connectivity index (χ1n) is 10.3. The second-order valence-electron chi connectivity index (χ2n) is 7.21. The number of hydrogen-bond donors (Lipinski definition) is 2. The van der Waals surface area contributed by atoms with E-state index < -0.39 is 11.2 Å². The number of carboxylic acids is 1. The lowest BCUT2D eigenvalue weighted by atomic mass is 10.1. The van der Waals surface area contributed by atoms with Crippen LogP contribution >= 0.6 is 50.6 Å². The zero-order valence-electron chi connectivity index (χ0n) is 17.8. The monoisotopic (exact) mass is 554 g/mol. The van der Waals surface area contributed by atoms with Gasteiger partial charge in [-0.2, -0.15) is 0 Å². The number of nitrogens with zero attached hydrogens (tertiary/aromatic N) is 3. The molecule has 3 rings (SSSR count). The summed E-state index contributed by atoms with van der Waals surface area (Å²) in [6.45, 7) is 4.15. The fourth-order valence-corrected chi connectivity index (χ4v) is 5.35. The van der Waals surface area contributed by atoms with Gasteiger partial charge in [-0.1, -0.05) is 84.0 Å². The van der Waals surface area contributed by atoms with Crippen LogP contribution in [0.1, 0.15) is 43.9 Å². The van der Waals surface area contributed by atoms with E-state index in [0.717, 1.165) is 58.1 Å². The summed E-state index contributed by atoms with van der Waals surface area (Å²) >= 11 is 12.3. The predicted molar refractivity (Wildman–Crippen MR) is 136 cm³/mol. The minimum absolute atomic E-state index is 0.251. The van der Waals surface area contributed by atoms with Crippen LogP contribution in [0.15, 0.2) is 40.0 Å². The molecule has 2 aromatic heterocycles. The van der Waals surface area contributed by atoms with Crippen LogP contribution in [0.3, 0.4) is 0 Å². The van der Waals surface area contributed by atoms with Crippen LogP contribution in [-0.4, -0.2) is 31.3 Å². The molecule has 0 spiro atoms. The van der Waals surface area contributed by atoms with Crippen LogP contribution in [0.4, 0.5) is 10.9 Å². The summed E-state index contributed by atoms with van der Waals surface area (Å²) in [5.41, 5.74) is 1.93. The quantitative estimate of drug-likeness (QED) is 0.109. The van der Waals surface area contributed by atoms with E-state index in [1.54, 1.807) is 6.07 Å². The number of aromatic nitrogens is 3. The molecule has 0 fully saturated rings. The number of unbranched alkanes of at least 4 members (excludes halogenated alkanes) is 3. The van der Waals surface area contributed by atoms with E-state index in [2.05, 4.69) is 38.1 Å². The Morgan fingerprint density at radius 2 is 1.97 bits per heavy atom. The van der Waals surface area contributed by atoms with E-state index in [4.69, 9.17) is 16.6 Å². The summed E-state index contributed by atoms with van der Waals surface area (Å²) in [5, 5.41) is 13.4. The highest BCUT2D eigenvalue weighted by Crippen LogP contribution is 2.33. The molecule has 1 atom stereocenters. The number of thiazole rings is 1. The van der Waals surface area contributed by atoms with Crippen LogP contribution in [0.25, 0.3) is 11.3 Å². The number of aryl methyl sites for hydroxylation is 1. The van der Waals surface area contributed by atoms with Gasteiger partial charge in [0.1, 0.15) is 16.2 Å². The highest BCUT2D eigenvalue weighted by Gasteiger charge is 2.21. The van der Waals surface area contributed by atoms with Gasteiger partial charge in [0.25, 0.3) is 0 Å². The van der Waals surface area contributed by atoms with Crippen LogP contribution in [0.2, 0.25) is 5.15 Å². The van der Waals surface area contributed by atoms with E-state index in [1.807, 2.05) is 31.2 Å². The largest absolute Gasteiger partial charge is 0.480 e. The Balaban J connectivity index is 1.73. The molecule has 0 saturated carbocycles. The number of nitrogens with one attached hydrogen (secondary N) is 1. The van der Waals surface area contributed by atoms with Gasteiger partial charge in [-0.15, -0.1) is 11.3 Å². The summed E-state index contributed by atoms with van der Waals surface area (Å²) < 4.78 is 1.01. The van der Waals surface area contributed by atoms with Gasteiger partial charge in [0.05, 0.1) is 5.69 Å². The third-order valence-corrected chi connectivity index (χ3v) is 7.39. The van der Waals surface area contributed by atoms with Crippen molar-refractivity contribution in [1.82, 2.24) is 15.0 Å². The molecule has 0 aliphatic carbocycles. The first-order chi connectivity index (χ1) is 15.4. The molecule has 1 aromatic carbocycles. The van der Waals surface area contributed by atoms with E-state index in [9.17, 15) is 9.90 Å². The Morgan fingerprint density at radius 1 is 1.22 bits per heavy atom. The van der Waals surface area contributed by atoms with Crippen molar-refractivity contribution in [2.45, 2.75) is 56.4 Å². The Kier molecular flexibility index (Phi) is 9.34. The highest BCUT2D eigenvalue weighted by atomic mass is 79.9. The van der Waals surface area contributed by atoms with Gasteiger partial charge in [0.2, 0.25) is 0 Å². The summed E-state index contributed by atoms with van der Waals surface area (Å²) in [6, 6.07) is 9.60. The van der Waals surface area contributed by atoms with Crippen molar-refractivity contribution >= 4 is 67.5 Å². The van der Waals surface area contributed by atoms with Crippen molar-refractivity contribution in [1.29, 1.82) is 0 Å². The van der Waals surface area contributed by atoms with E-state index in [0.29, 0.717) is 22.5 Å². The van der Waals surface area contributed by atoms with Gasteiger partial charge in [-0.05, 0) is 25.5 Å². The van der Waals surface area contributed by atoms with Crippen molar-refractivity contribution in [2.24, 2.45) is 0 Å². The molecule has 0 amide bonds. The number of hydrogen-bond acceptors (Lipinski definition) is 7. The molecule has 32 heavy (non-hydrogen) atoms. The normalized spacial score (nSPS) is 12.0. The zero-order valence-corrected chi connectivity index (χ0v) is 21.7. The van der Waals surface area contributed by atoms with Gasteiger partial charge in [0, 0.05) is 21.0 Å². The minimum atomic E-state index is -0.862. The molecule has 6 nitrogen and oxygen atoms in total. The lowest BCUT2D eigenvalue weighted by Crippen LogP contribution is -2.17. The third kappa shape index (κ3) is 7.16. The van der Waals surface area contributed by atoms with Crippen molar-refractivity contribution in [3.05, 3.63) is 44.8 Å². The van der Waals surface area contributed by atoms with Crippen molar-refractivity contribution in [2.75, 3.05) is 5.32 Å². The van der Waals surface area contributed by atoms with Crippen LogP contribution in [-0.2, 0) is 4.79 Å². The maximum atomic E-state index is 11.7. The van der Waals surface area contributed by atoms with E-state index in [1.165, 1.54) is 11.3 Å². The van der Waals surface area contributed by atoms with Crippen LogP contribution < -0.4 is 5.32 Å². The summed E-state index contributed by atoms with van der Waals surface area (Å²) in [6.07, 6.45) is 4.67. The van der Waals surface area contributed by atoms with Crippen molar-refractivity contribution in [3.8, 4) is 11.3 Å². The minimum Gasteiger partial charge on any atom is -0.480 e. The maximum absolute atomic E-state index is 11.7. The number of anilines is 2. The second-order valence-corrected chi connectivity index (χ2v) is 10.9. The first-order valence-corrected chi connectivity index (χ1v) is 13.2. The Hall–Kier alpha value is -1.68. The Morgan fingerprint density at radius 3 is 2.66 bits per heavy atom. The SMILES string of the molecule is CCCCCCC(Sc1nc(Cl)cc(Nc2nc(-c3ccc(Br)cc3)c(C)s2)n1)C(=O)O. The molecular formula is C22H24BrClN4O2S2. The van der Waals surface area contributed by atoms with Crippen molar-refractivity contribution in [3.63, 3.8) is 0 Å². The molecular weight excluding hydrogens is 532 g/mol. The van der Waals surface area contributed by atoms with Crippen LogP contribution in [0.5, 0.6) is 0 Å². The van der Waals surface area contributed by atoms with Crippen LogP contribution in [0, 0.1) is 6.92 Å². The molecule has 3 aromatic rings. The molecule has 0 aliphatic rings. The number of rotatable bonds is 11. The number of carbonyl (C=O) groups is 1. The molecule has 0 radical (unpaired) electrons. The second kappa shape index (κ2) is 12.0. The molecule has 10 heteroatoms. The lowest BCUT2D eigenvalue weighted by molar-refractivity contribution is -0.136. The average Bonchev–Trinajstić information content (AvgIpc) is 3.10. The predicted octanol–water partition coefficient (Wildman–Crippen LogP) is 7.58. The van der Waals surface area contributed by atoms with Gasteiger partial charge in [-0.3, -0.25) is 4.79 Å². The summed E-state index contributed by atoms with van der Waals surface area (Å²) in [5.74, 6) is -0.377. The smallest absolute Gasteiger partial charge is 0.317 e. The fraction of sp³-hybridized carbons (Fsp3) is 0.364. The summed E-state index contributed by atoms with van der Waals surface area (Å²) in [7, 11) is 0. The highest BCUT2D eigenvalue weighted by molar-refractivity contribution is 9.10. The molecule has 0 bridgehead atoms. The van der Waals surface area contributed by atoms with Gasteiger partial charge in [-0.25, -0.2) is 15.0 Å². The number of carboxylic acid groups (broad SMARTS) is 1. The molecule has 0 saturated heterocycles. The van der Waals surface area contributed by atoms with Gasteiger partial charge < -0.3 is 10.4 Å². The number of halogens is 2. The standard InChI is InChI=1S/C22H24BrClN4O2S2/c1-3-4-5-6-7-16(20(29)30)32-21-25-17(24)12-18(26-21)27-22-28-19(13(2)31-22)14-8-10-15(23)11-9-14/h8-12,16H,3-7H2,1-2H3,(H,29,30)(H,25,26,27,28). The topological polar surface area (TPSA) is 88.0 Å². The Labute approximate surface area is 209 Å². The fourth-order valence-electron chi connectivity index (χ4n) is 3.07. The third-order valence-electron chi connectivity index (χ3n) is 4.67. The summed E-state index contributed by atoms with van der Waals surface area (Å²) in [4.78, 5) is 26.1. The van der Waals surface area contributed by atoms with Crippen molar-refractivity contribution < 1.29 is 9.90 Å². The zero-order chi connectivity index (χ0) is 23.1. The number of thioether (sulfide) groups is 1. The maximum Gasteiger partial charge on any atom is 0.317 e. The molecule has 170 valence electrons. The first kappa shape index (κ1) is 25.0. The van der Waals surface area contributed by atoms with E-state index in [-0.39, 0.29) is 5.15 Å². The molecule has 1 unspecified atom stereocenters.